The third-order valence-electron chi connectivity index (χ3n) is 4.74. The molecule has 1 aromatic heterocycles. The average molecular weight is 435 g/mol. The van der Waals surface area contributed by atoms with E-state index in [1.165, 1.54) is 0 Å². The number of para-hydroxylation sites is 3. The van der Waals surface area contributed by atoms with E-state index in [1.807, 2.05) is 55.5 Å². The molecular formula is C23H22N4O3S. The summed E-state index contributed by atoms with van der Waals surface area (Å²) in [6.07, 6.45) is 0. The van der Waals surface area contributed by atoms with Gasteiger partial charge >= 0.3 is 0 Å². The van der Waals surface area contributed by atoms with E-state index < -0.39 is 10.0 Å². The Labute approximate surface area is 181 Å². The van der Waals surface area contributed by atoms with Crippen LogP contribution in [0.1, 0.15) is 11.1 Å². The number of methoxy groups -OCH3 is 1. The molecule has 158 valence electrons. The Morgan fingerprint density at radius 3 is 2.26 bits per heavy atom. The molecule has 4 rings (SSSR count). The van der Waals surface area contributed by atoms with E-state index in [4.69, 9.17) is 4.74 Å². The highest BCUT2D eigenvalue weighted by Crippen LogP contribution is 2.26. The predicted molar refractivity (Wildman–Crippen MR) is 122 cm³/mol. The van der Waals surface area contributed by atoms with Gasteiger partial charge in [-0.3, -0.25) is 4.72 Å². The average Bonchev–Trinajstić information content (AvgIpc) is 2.77. The van der Waals surface area contributed by atoms with Crippen LogP contribution in [0, 0.1) is 6.92 Å². The van der Waals surface area contributed by atoms with Crippen LogP contribution in [-0.4, -0.2) is 25.5 Å². The van der Waals surface area contributed by atoms with E-state index in [1.54, 1.807) is 31.4 Å². The number of hydrogen-bond acceptors (Lipinski definition) is 6. The van der Waals surface area contributed by atoms with Gasteiger partial charge in [0, 0.05) is 12.1 Å². The predicted octanol–water partition coefficient (Wildman–Crippen LogP) is 4.36. The number of aromatic nitrogens is 2. The lowest BCUT2D eigenvalue weighted by Gasteiger charge is -2.15. The number of fused-ring (bicyclic) bond motifs is 1. The first-order valence-corrected chi connectivity index (χ1v) is 11.2. The highest BCUT2D eigenvalue weighted by Gasteiger charge is 2.19. The molecule has 31 heavy (non-hydrogen) atoms. The fourth-order valence-corrected chi connectivity index (χ4v) is 4.30. The molecular weight excluding hydrogens is 412 g/mol. The van der Waals surface area contributed by atoms with Crippen molar-refractivity contribution in [1.82, 2.24) is 9.97 Å². The summed E-state index contributed by atoms with van der Waals surface area (Å²) in [4.78, 5) is 9.28. The molecule has 0 saturated carbocycles. The van der Waals surface area contributed by atoms with Gasteiger partial charge in [0.15, 0.2) is 11.6 Å². The fraction of sp³-hybridized carbons (Fsp3) is 0.130. The molecule has 0 aliphatic carbocycles. The number of anilines is 2. The van der Waals surface area contributed by atoms with E-state index in [-0.39, 0.29) is 10.7 Å². The lowest BCUT2D eigenvalue weighted by molar-refractivity contribution is 0.410. The van der Waals surface area contributed by atoms with Gasteiger partial charge in [0.1, 0.15) is 5.75 Å². The Hall–Kier alpha value is -3.65. The minimum Gasteiger partial charge on any atom is -0.496 e. The number of benzene rings is 3. The van der Waals surface area contributed by atoms with Gasteiger partial charge in [0.25, 0.3) is 10.0 Å². The van der Waals surface area contributed by atoms with E-state index in [0.29, 0.717) is 23.4 Å². The van der Waals surface area contributed by atoms with Gasteiger partial charge in [-0.15, -0.1) is 0 Å². The Morgan fingerprint density at radius 2 is 1.55 bits per heavy atom. The molecule has 8 heteroatoms. The molecule has 0 radical (unpaired) electrons. The van der Waals surface area contributed by atoms with Gasteiger partial charge < -0.3 is 10.1 Å². The van der Waals surface area contributed by atoms with Gasteiger partial charge in [0.2, 0.25) is 0 Å². The second kappa shape index (κ2) is 8.61. The van der Waals surface area contributed by atoms with Crippen LogP contribution < -0.4 is 14.8 Å². The first-order chi connectivity index (χ1) is 15.0. The van der Waals surface area contributed by atoms with Crippen LogP contribution >= 0.6 is 0 Å². The Kier molecular flexibility index (Phi) is 5.73. The summed E-state index contributed by atoms with van der Waals surface area (Å²) < 4.78 is 34.0. The van der Waals surface area contributed by atoms with Crippen LogP contribution in [0.2, 0.25) is 0 Å². The quantitative estimate of drug-likeness (QED) is 0.449. The minimum atomic E-state index is -3.84. The third kappa shape index (κ3) is 4.59. The lowest BCUT2D eigenvalue weighted by atomic mass is 10.2. The minimum absolute atomic E-state index is 0.134. The van der Waals surface area contributed by atoms with Crippen molar-refractivity contribution < 1.29 is 13.2 Å². The van der Waals surface area contributed by atoms with Crippen molar-refractivity contribution in [3.05, 3.63) is 83.9 Å². The summed E-state index contributed by atoms with van der Waals surface area (Å²) in [5.41, 5.74) is 3.00. The van der Waals surface area contributed by atoms with E-state index in [2.05, 4.69) is 20.0 Å². The van der Waals surface area contributed by atoms with Crippen LogP contribution in [0.5, 0.6) is 5.75 Å². The molecule has 3 aromatic carbocycles. The monoisotopic (exact) mass is 434 g/mol. The molecule has 1 heterocycles. The number of rotatable bonds is 7. The number of ether oxygens (including phenoxy) is 1. The van der Waals surface area contributed by atoms with Crippen LogP contribution in [0.25, 0.3) is 11.0 Å². The molecule has 0 saturated heterocycles. The van der Waals surface area contributed by atoms with Crippen LogP contribution in [-0.2, 0) is 16.6 Å². The van der Waals surface area contributed by atoms with Gasteiger partial charge in [-0.1, -0.05) is 42.5 Å². The molecule has 0 aliphatic rings. The molecule has 0 fully saturated rings. The molecule has 0 amide bonds. The Bertz CT molecular complexity index is 1340. The van der Waals surface area contributed by atoms with Gasteiger partial charge in [-0.2, -0.15) is 0 Å². The van der Waals surface area contributed by atoms with Crippen molar-refractivity contribution in [1.29, 1.82) is 0 Å². The first-order valence-electron chi connectivity index (χ1n) is 9.68. The van der Waals surface area contributed by atoms with E-state index in [0.717, 1.165) is 16.9 Å². The molecule has 4 aromatic rings. The summed E-state index contributed by atoms with van der Waals surface area (Å²) in [6, 6.07) is 21.6. The lowest BCUT2D eigenvalue weighted by Crippen LogP contribution is -2.17. The maximum atomic E-state index is 13.0. The smallest absolute Gasteiger partial charge is 0.263 e. The van der Waals surface area contributed by atoms with Crippen molar-refractivity contribution in [2.24, 2.45) is 0 Å². The van der Waals surface area contributed by atoms with E-state index in [9.17, 15) is 8.42 Å². The van der Waals surface area contributed by atoms with Crippen molar-refractivity contribution >= 4 is 32.7 Å². The van der Waals surface area contributed by atoms with Crippen molar-refractivity contribution in [3.63, 3.8) is 0 Å². The zero-order valence-electron chi connectivity index (χ0n) is 17.2. The third-order valence-corrected chi connectivity index (χ3v) is 6.08. The molecule has 0 spiro atoms. The van der Waals surface area contributed by atoms with Crippen LogP contribution in [0.4, 0.5) is 11.6 Å². The second-order valence-corrected chi connectivity index (χ2v) is 8.68. The summed E-state index contributed by atoms with van der Waals surface area (Å²) in [6.45, 7) is 2.23. The van der Waals surface area contributed by atoms with Crippen molar-refractivity contribution in [3.8, 4) is 5.75 Å². The van der Waals surface area contributed by atoms with Crippen LogP contribution in [0.3, 0.4) is 0 Å². The Morgan fingerprint density at radius 1 is 0.871 bits per heavy atom. The maximum absolute atomic E-state index is 13.0. The molecule has 0 atom stereocenters. The normalized spacial score (nSPS) is 11.3. The van der Waals surface area contributed by atoms with Crippen LogP contribution in [0.15, 0.2) is 77.7 Å². The highest BCUT2D eigenvalue weighted by molar-refractivity contribution is 7.92. The molecule has 0 unspecified atom stereocenters. The topological polar surface area (TPSA) is 93.2 Å². The summed E-state index contributed by atoms with van der Waals surface area (Å²) in [5.74, 6) is 1.20. The molecule has 0 aliphatic heterocycles. The number of nitrogens with zero attached hydrogens (tertiary/aromatic N) is 2. The molecule has 0 bridgehead atoms. The van der Waals surface area contributed by atoms with Gasteiger partial charge in [-0.25, -0.2) is 18.4 Å². The van der Waals surface area contributed by atoms with Crippen molar-refractivity contribution in [2.45, 2.75) is 18.4 Å². The number of hydrogen-bond donors (Lipinski definition) is 2. The number of sulfonamides is 1. The molecule has 2 N–H and O–H groups in total. The first kappa shape index (κ1) is 20.6. The highest BCUT2D eigenvalue weighted by atomic mass is 32.2. The summed E-state index contributed by atoms with van der Waals surface area (Å²) in [5, 5.41) is 3.20. The fourth-order valence-electron chi connectivity index (χ4n) is 3.19. The Balaban J connectivity index is 1.71. The summed E-state index contributed by atoms with van der Waals surface area (Å²) in [7, 11) is -2.23. The standard InChI is InChI=1S/C23H22N4O3S/c1-16-8-7-10-18(14-16)31(28,29)27-23-22(25-19-11-4-5-12-20(19)26-23)24-15-17-9-3-6-13-21(17)30-2/h3-14H,15H2,1-2H3,(H,24,25)(H,26,27). The zero-order chi connectivity index (χ0) is 21.8. The second-order valence-electron chi connectivity index (χ2n) is 7.00. The largest absolute Gasteiger partial charge is 0.496 e. The van der Waals surface area contributed by atoms with Gasteiger partial charge in [-0.05, 0) is 42.8 Å². The maximum Gasteiger partial charge on any atom is 0.263 e. The number of aryl methyl sites for hydroxylation is 1. The van der Waals surface area contributed by atoms with E-state index >= 15 is 0 Å². The van der Waals surface area contributed by atoms with Crippen molar-refractivity contribution in [2.75, 3.05) is 17.1 Å². The zero-order valence-corrected chi connectivity index (χ0v) is 18.0. The van der Waals surface area contributed by atoms with Gasteiger partial charge in [0.05, 0.1) is 23.0 Å². The summed E-state index contributed by atoms with van der Waals surface area (Å²) >= 11 is 0. The molecule has 7 nitrogen and oxygen atoms in total. The SMILES string of the molecule is COc1ccccc1CNc1nc2ccccc2nc1NS(=O)(=O)c1cccc(C)c1. The number of nitrogens with one attached hydrogen (secondary N) is 2.